The first-order chi connectivity index (χ1) is 15.7. The standard InChI is InChI=1S/C24H31N5O3/c30-23(20-7-4-8-22(17-20)32-16-10-19-5-2-1-3-6-19)28-12-14-29(15-13-28)24(31)27-21-9-11-25-26-18-21/h4,7-9,11,17-19H,1-3,5-6,10,12-16H2,(H,25,27,31). The van der Waals surface area contributed by atoms with Crippen molar-refractivity contribution in [1.29, 1.82) is 0 Å². The van der Waals surface area contributed by atoms with Crippen LogP contribution in [0, 0.1) is 5.92 Å². The number of hydrogen-bond donors (Lipinski definition) is 1. The lowest BCUT2D eigenvalue weighted by Crippen LogP contribution is -2.51. The zero-order chi connectivity index (χ0) is 22.2. The zero-order valence-corrected chi connectivity index (χ0v) is 18.4. The average molecular weight is 438 g/mol. The van der Waals surface area contributed by atoms with E-state index in [1.165, 1.54) is 44.5 Å². The average Bonchev–Trinajstić information content (AvgIpc) is 2.85. The maximum atomic E-state index is 13.0. The predicted octanol–water partition coefficient (Wildman–Crippen LogP) is 3.82. The molecule has 8 nitrogen and oxygen atoms in total. The van der Waals surface area contributed by atoms with Crippen LogP contribution in [0.1, 0.15) is 48.9 Å². The van der Waals surface area contributed by atoms with Gasteiger partial charge in [0.05, 0.1) is 24.7 Å². The number of carbonyl (C=O) groups is 2. The molecule has 1 aliphatic carbocycles. The van der Waals surface area contributed by atoms with E-state index < -0.39 is 0 Å². The van der Waals surface area contributed by atoms with Crippen LogP contribution in [0.5, 0.6) is 5.75 Å². The first-order valence-corrected chi connectivity index (χ1v) is 11.5. The number of aromatic nitrogens is 2. The lowest BCUT2D eigenvalue weighted by molar-refractivity contribution is 0.0671. The number of hydrogen-bond acceptors (Lipinski definition) is 5. The Hall–Kier alpha value is -3.16. The minimum Gasteiger partial charge on any atom is -0.494 e. The highest BCUT2D eigenvalue weighted by molar-refractivity contribution is 5.95. The van der Waals surface area contributed by atoms with Crippen molar-refractivity contribution in [2.24, 2.45) is 5.92 Å². The summed E-state index contributed by atoms with van der Waals surface area (Å²) in [4.78, 5) is 28.9. The van der Waals surface area contributed by atoms with Crippen molar-refractivity contribution < 1.29 is 14.3 Å². The van der Waals surface area contributed by atoms with E-state index in [1.807, 2.05) is 24.3 Å². The molecule has 32 heavy (non-hydrogen) atoms. The van der Waals surface area contributed by atoms with Crippen LogP contribution in [0.3, 0.4) is 0 Å². The largest absolute Gasteiger partial charge is 0.494 e. The van der Waals surface area contributed by atoms with Gasteiger partial charge in [0.2, 0.25) is 0 Å². The Bertz CT molecular complexity index is 894. The molecule has 1 saturated heterocycles. The van der Waals surface area contributed by atoms with Crippen LogP contribution in [0.15, 0.2) is 42.7 Å². The van der Waals surface area contributed by atoms with Crippen molar-refractivity contribution in [3.63, 3.8) is 0 Å². The summed E-state index contributed by atoms with van der Waals surface area (Å²) in [5, 5.41) is 10.3. The van der Waals surface area contributed by atoms with Gasteiger partial charge in [0, 0.05) is 31.7 Å². The molecule has 1 N–H and O–H groups in total. The monoisotopic (exact) mass is 437 g/mol. The summed E-state index contributed by atoms with van der Waals surface area (Å²) >= 11 is 0. The van der Waals surface area contributed by atoms with Crippen LogP contribution < -0.4 is 10.1 Å². The molecule has 1 aromatic heterocycles. The predicted molar refractivity (Wildman–Crippen MR) is 122 cm³/mol. The third kappa shape index (κ3) is 5.96. The molecule has 2 aromatic rings. The Morgan fingerprint density at radius 2 is 1.78 bits per heavy atom. The van der Waals surface area contributed by atoms with Gasteiger partial charge in [-0.1, -0.05) is 38.2 Å². The number of urea groups is 1. The molecule has 170 valence electrons. The van der Waals surface area contributed by atoms with Crippen molar-refractivity contribution in [3.8, 4) is 5.75 Å². The minimum absolute atomic E-state index is 0.0267. The number of anilines is 1. The number of rotatable bonds is 6. The molecule has 0 radical (unpaired) electrons. The maximum absolute atomic E-state index is 13.0. The molecule has 0 spiro atoms. The number of ether oxygens (including phenoxy) is 1. The van der Waals surface area contributed by atoms with Crippen LogP contribution in [0.4, 0.5) is 10.5 Å². The number of carbonyl (C=O) groups excluding carboxylic acids is 2. The molecule has 1 aromatic carbocycles. The summed E-state index contributed by atoms with van der Waals surface area (Å²) in [6.45, 7) is 2.64. The van der Waals surface area contributed by atoms with E-state index in [-0.39, 0.29) is 11.9 Å². The van der Waals surface area contributed by atoms with E-state index >= 15 is 0 Å². The van der Waals surface area contributed by atoms with Gasteiger partial charge in [0.15, 0.2) is 0 Å². The first kappa shape index (κ1) is 22.0. The van der Waals surface area contributed by atoms with Gasteiger partial charge in [-0.05, 0) is 36.6 Å². The van der Waals surface area contributed by atoms with E-state index in [0.29, 0.717) is 44.0 Å². The molecule has 1 saturated carbocycles. The van der Waals surface area contributed by atoms with Crippen LogP contribution in [-0.4, -0.2) is 64.7 Å². The highest BCUT2D eigenvalue weighted by atomic mass is 16.5. The van der Waals surface area contributed by atoms with Crippen molar-refractivity contribution in [3.05, 3.63) is 48.3 Å². The third-order valence-corrected chi connectivity index (χ3v) is 6.29. The number of nitrogens with zero attached hydrogens (tertiary/aromatic N) is 4. The summed E-state index contributed by atoms with van der Waals surface area (Å²) < 4.78 is 5.95. The fourth-order valence-electron chi connectivity index (χ4n) is 4.40. The van der Waals surface area contributed by atoms with Crippen molar-refractivity contribution in [1.82, 2.24) is 20.0 Å². The molecule has 2 fully saturated rings. The molecule has 3 amide bonds. The minimum atomic E-state index is -0.196. The topological polar surface area (TPSA) is 87.7 Å². The first-order valence-electron chi connectivity index (χ1n) is 11.5. The quantitative estimate of drug-likeness (QED) is 0.742. The summed E-state index contributed by atoms with van der Waals surface area (Å²) in [7, 11) is 0. The molecule has 0 bridgehead atoms. The van der Waals surface area contributed by atoms with Crippen molar-refractivity contribution in [2.45, 2.75) is 38.5 Å². The summed E-state index contributed by atoms with van der Waals surface area (Å²) in [5.41, 5.74) is 1.23. The smallest absolute Gasteiger partial charge is 0.322 e. The van der Waals surface area contributed by atoms with Gasteiger partial charge in [-0.2, -0.15) is 10.2 Å². The highest BCUT2D eigenvalue weighted by Crippen LogP contribution is 2.26. The van der Waals surface area contributed by atoms with E-state index in [1.54, 1.807) is 15.9 Å². The summed E-state index contributed by atoms with van der Waals surface area (Å²) in [6.07, 6.45) is 10.8. The van der Waals surface area contributed by atoms with Gasteiger partial charge in [0.25, 0.3) is 5.91 Å². The number of benzene rings is 1. The molecule has 2 heterocycles. The van der Waals surface area contributed by atoms with Crippen LogP contribution in [-0.2, 0) is 0 Å². The van der Waals surface area contributed by atoms with Crippen molar-refractivity contribution in [2.75, 3.05) is 38.1 Å². The van der Waals surface area contributed by atoms with Gasteiger partial charge in [-0.25, -0.2) is 4.79 Å². The second kappa shape index (κ2) is 10.9. The molecule has 2 aliphatic rings. The summed E-state index contributed by atoms with van der Waals surface area (Å²) in [6, 6.07) is 8.93. The number of piperazine rings is 1. The third-order valence-electron chi connectivity index (χ3n) is 6.29. The molecule has 8 heteroatoms. The Balaban J connectivity index is 1.24. The Labute approximate surface area is 188 Å². The van der Waals surface area contributed by atoms with Gasteiger partial charge in [-0.3, -0.25) is 4.79 Å². The SMILES string of the molecule is O=C(Nc1ccnnc1)N1CCN(C(=O)c2cccc(OCCC3CCCCC3)c2)CC1. The molecule has 0 unspecified atom stereocenters. The van der Waals surface area contributed by atoms with Crippen LogP contribution in [0.2, 0.25) is 0 Å². The maximum Gasteiger partial charge on any atom is 0.322 e. The normalized spacial score (nSPS) is 17.1. The molecular formula is C24H31N5O3. The van der Waals surface area contributed by atoms with E-state index in [4.69, 9.17) is 4.74 Å². The molecule has 1 aliphatic heterocycles. The zero-order valence-electron chi connectivity index (χ0n) is 18.4. The molecule has 4 rings (SSSR count). The van der Waals surface area contributed by atoms with Crippen LogP contribution >= 0.6 is 0 Å². The Morgan fingerprint density at radius 3 is 2.53 bits per heavy atom. The summed E-state index contributed by atoms with van der Waals surface area (Å²) in [5.74, 6) is 1.49. The second-order valence-corrected chi connectivity index (χ2v) is 8.51. The van der Waals surface area contributed by atoms with Gasteiger partial charge >= 0.3 is 6.03 Å². The fourth-order valence-corrected chi connectivity index (χ4v) is 4.40. The lowest BCUT2D eigenvalue weighted by Gasteiger charge is -2.34. The Kier molecular flexibility index (Phi) is 7.53. The lowest BCUT2D eigenvalue weighted by atomic mass is 9.87. The Morgan fingerprint density at radius 1 is 1.00 bits per heavy atom. The second-order valence-electron chi connectivity index (χ2n) is 8.51. The van der Waals surface area contributed by atoms with Crippen molar-refractivity contribution >= 4 is 17.6 Å². The van der Waals surface area contributed by atoms with Crippen LogP contribution in [0.25, 0.3) is 0 Å². The van der Waals surface area contributed by atoms with E-state index in [2.05, 4.69) is 15.5 Å². The highest BCUT2D eigenvalue weighted by Gasteiger charge is 2.25. The molecule has 0 atom stereocenters. The van der Waals surface area contributed by atoms with Gasteiger partial charge < -0.3 is 19.9 Å². The van der Waals surface area contributed by atoms with E-state index in [9.17, 15) is 9.59 Å². The van der Waals surface area contributed by atoms with Gasteiger partial charge in [-0.15, -0.1) is 0 Å². The van der Waals surface area contributed by atoms with E-state index in [0.717, 1.165) is 18.1 Å². The number of amides is 3. The van der Waals surface area contributed by atoms with Gasteiger partial charge in [0.1, 0.15) is 5.75 Å². The molecular weight excluding hydrogens is 406 g/mol. The number of nitrogens with one attached hydrogen (secondary N) is 1. The fraction of sp³-hybridized carbons (Fsp3) is 0.500.